The van der Waals surface area contributed by atoms with Crippen molar-refractivity contribution in [1.82, 2.24) is 10.2 Å². The van der Waals surface area contributed by atoms with E-state index in [9.17, 15) is 4.79 Å². The molecule has 1 aliphatic heterocycles. The molecule has 1 rings (SSSR count). The first-order chi connectivity index (χ1) is 9.15. The van der Waals surface area contributed by atoms with Gasteiger partial charge in [0.1, 0.15) is 0 Å². The van der Waals surface area contributed by atoms with Gasteiger partial charge in [-0.3, -0.25) is 10.1 Å². The number of carbonyl (C=O) groups excluding carboxylic acids is 1. The minimum Gasteiger partial charge on any atom is -0.382 e. The van der Waals surface area contributed by atoms with E-state index >= 15 is 0 Å². The van der Waals surface area contributed by atoms with E-state index in [2.05, 4.69) is 26.1 Å². The monoisotopic (exact) mass is 272 g/mol. The van der Waals surface area contributed by atoms with Crippen LogP contribution in [0.15, 0.2) is 0 Å². The van der Waals surface area contributed by atoms with E-state index in [1.165, 1.54) is 0 Å². The third-order valence-corrected chi connectivity index (χ3v) is 3.81. The number of methoxy groups -OCH3 is 1. The predicted octanol–water partition coefficient (Wildman–Crippen LogP) is 1.23. The van der Waals surface area contributed by atoms with E-state index in [1.54, 1.807) is 7.11 Å². The normalized spacial score (nSPS) is 25.1. The van der Waals surface area contributed by atoms with E-state index in [1.807, 2.05) is 4.90 Å². The van der Waals surface area contributed by atoms with Crippen LogP contribution in [0.25, 0.3) is 0 Å². The number of hydrogen-bond donors (Lipinski definition) is 1. The molecule has 0 spiro atoms. The van der Waals surface area contributed by atoms with E-state index in [0.717, 1.165) is 12.8 Å². The van der Waals surface area contributed by atoms with Crippen LogP contribution in [-0.4, -0.2) is 56.5 Å². The maximum Gasteiger partial charge on any atom is 0.241 e. The van der Waals surface area contributed by atoms with Crippen LogP contribution in [0.5, 0.6) is 0 Å². The van der Waals surface area contributed by atoms with Crippen LogP contribution in [0.1, 0.15) is 33.6 Å². The van der Waals surface area contributed by atoms with Crippen molar-refractivity contribution >= 4 is 5.91 Å². The Morgan fingerprint density at radius 3 is 2.63 bits per heavy atom. The molecule has 5 nitrogen and oxygen atoms in total. The fourth-order valence-corrected chi connectivity index (χ4v) is 2.36. The van der Waals surface area contributed by atoms with Gasteiger partial charge >= 0.3 is 0 Å². The number of amides is 1. The fourth-order valence-electron chi connectivity index (χ4n) is 2.36. The van der Waals surface area contributed by atoms with Gasteiger partial charge in [-0.25, -0.2) is 0 Å². The maximum absolute atomic E-state index is 12.4. The smallest absolute Gasteiger partial charge is 0.241 e. The molecule has 1 fully saturated rings. The summed E-state index contributed by atoms with van der Waals surface area (Å²) in [4.78, 5) is 14.3. The van der Waals surface area contributed by atoms with Crippen molar-refractivity contribution in [1.29, 1.82) is 0 Å². The highest BCUT2D eigenvalue weighted by Crippen LogP contribution is 2.20. The molecule has 1 N–H and O–H groups in total. The highest BCUT2D eigenvalue weighted by atomic mass is 16.5. The van der Waals surface area contributed by atoms with Crippen LogP contribution < -0.4 is 5.32 Å². The van der Waals surface area contributed by atoms with Crippen LogP contribution in [0.3, 0.4) is 0 Å². The SMILES string of the molecule is CCC(C)C1NC(CC)N(CCOCCOC)C1=O. The molecule has 19 heavy (non-hydrogen) atoms. The van der Waals surface area contributed by atoms with Gasteiger partial charge in [0, 0.05) is 13.7 Å². The number of rotatable bonds is 9. The summed E-state index contributed by atoms with van der Waals surface area (Å²) in [5, 5.41) is 3.44. The molecule has 1 saturated heterocycles. The minimum absolute atomic E-state index is 0.0334. The molecule has 3 unspecified atom stereocenters. The number of nitrogens with zero attached hydrogens (tertiary/aromatic N) is 1. The van der Waals surface area contributed by atoms with Crippen molar-refractivity contribution in [2.75, 3.05) is 33.5 Å². The Bertz CT molecular complexity index is 273. The van der Waals surface area contributed by atoms with Crippen molar-refractivity contribution in [3.63, 3.8) is 0 Å². The lowest BCUT2D eigenvalue weighted by molar-refractivity contribution is -0.131. The Labute approximate surface area is 116 Å². The zero-order valence-electron chi connectivity index (χ0n) is 12.6. The third kappa shape index (κ3) is 4.44. The van der Waals surface area contributed by atoms with Gasteiger partial charge in [-0.2, -0.15) is 0 Å². The highest BCUT2D eigenvalue weighted by Gasteiger charge is 2.39. The molecule has 0 aromatic carbocycles. The van der Waals surface area contributed by atoms with Crippen LogP contribution in [0.2, 0.25) is 0 Å². The number of ether oxygens (including phenoxy) is 2. The standard InChI is InChI=1S/C14H28N2O3/c1-5-11(3)13-14(17)16(12(6-2)15-13)7-8-19-10-9-18-4/h11-13,15H,5-10H2,1-4H3. The lowest BCUT2D eigenvalue weighted by Crippen LogP contribution is -2.39. The zero-order chi connectivity index (χ0) is 14.3. The van der Waals surface area contributed by atoms with E-state index < -0.39 is 0 Å². The summed E-state index contributed by atoms with van der Waals surface area (Å²) in [5.41, 5.74) is 0. The van der Waals surface area contributed by atoms with Gasteiger partial charge in [-0.1, -0.05) is 27.2 Å². The van der Waals surface area contributed by atoms with Gasteiger partial charge in [0.05, 0.1) is 32.0 Å². The topological polar surface area (TPSA) is 50.8 Å². The number of nitrogens with one attached hydrogen (secondary N) is 1. The second-order valence-electron chi connectivity index (χ2n) is 5.09. The molecular formula is C14H28N2O3. The van der Waals surface area contributed by atoms with Crippen LogP contribution in [0, 0.1) is 5.92 Å². The van der Waals surface area contributed by atoms with Gasteiger partial charge < -0.3 is 14.4 Å². The first-order valence-electron chi connectivity index (χ1n) is 7.28. The van der Waals surface area contributed by atoms with E-state index in [-0.39, 0.29) is 18.1 Å². The highest BCUT2D eigenvalue weighted by molar-refractivity contribution is 5.84. The molecular weight excluding hydrogens is 244 g/mol. The zero-order valence-corrected chi connectivity index (χ0v) is 12.6. The van der Waals surface area contributed by atoms with E-state index in [0.29, 0.717) is 32.3 Å². The Morgan fingerprint density at radius 2 is 2.05 bits per heavy atom. The molecule has 5 heteroatoms. The lowest BCUT2D eigenvalue weighted by Gasteiger charge is -2.22. The van der Waals surface area contributed by atoms with Crippen molar-refractivity contribution in [3.05, 3.63) is 0 Å². The minimum atomic E-state index is -0.0334. The summed E-state index contributed by atoms with van der Waals surface area (Å²) in [6.45, 7) is 8.75. The van der Waals surface area contributed by atoms with E-state index in [4.69, 9.17) is 9.47 Å². The molecule has 0 radical (unpaired) electrons. The van der Waals surface area contributed by atoms with Crippen LogP contribution in [-0.2, 0) is 14.3 Å². The fraction of sp³-hybridized carbons (Fsp3) is 0.929. The average molecular weight is 272 g/mol. The van der Waals surface area contributed by atoms with Gasteiger partial charge in [-0.05, 0) is 12.3 Å². The van der Waals surface area contributed by atoms with Crippen molar-refractivity contribution in [3.8, 4) is 0 Å². The molecule has 0 aromatic heterocycles. The van der Waals surface area contributed by atoms with Crippen LogP contribution in [0.4, 0.5) is 0 Å². The Balaban J connectivity index is 2.44. The van der Waals surface area contributed by atoms with Crippen molar-refractivity contribution < 1.29 is 14.3 Å². The first-order valence-corrected chi connectivity index (χ1v) is 7.28. The number of hydrogen-bond acceptors (Lipinski definition) is 4. The van der Waals surface area contributed by atoms with Gasteiger partial charge in [0.15, 0.2) is 0 Å². The molecule has 3 atom stereocenters. The summed E-state index contributed by atoms with van der Waals surface area (Å²) < 4.78 is 10.4. The average Bonchev–Trinajstić information content (AvgIpc) is 2.74. The molecule has 112 valence electrons. The summed E-state index contributed by atoms with van der Waals surface area (Å²) in [6, 6.07) is -0.0334. The Kier molecular flexibility index (Phi) is 7.34. The number of carbonyl (C=O) groups is 1. The molecule has 1 amide bonds. The Hall–Kier alpha value is -0.650. The molecule has 0 saturated carbocycles. The summed E-state index contributed by atoms with van der Waals surface area (Å²) in [7, 11) is 1.65. The quantitative estimate of drug-likeness (QED) is 0.642. The molecule has 1 aliphatic rings. The second-order valence-corrected chi connectivity index (χ2v) is 5.09. The largest absolute Gasteiger partial charge is 0.382 e. The molecule has 0 aliphatic carbocycles. The van der Waals surface area contributed by atoms with Crippen molar-refractivity contribution in [2.45, 2.75) is 45.8 Å². The molecule has 0 aromatic rings. The summed E-state index contributed by atoms with van der Waals surface area (Å²) in [5.74, 6) is 0.595. The molecule has 1 heterocycles. The molecule has 0 bridgehead atoms. The predicted molar refractivity (Wildman–Crippen MR) is 74.9 cm³/mol. The summed E-state index contributed by atoms with van der Waals surface area (Å²) >= 11 is 0. The first kappa shape index (κ1) is 16.4. The van der Waals surface area contributed by atoms with Crippen molar-refractivity contribution in [2.24, 2.45) is 5.92 Å². The maximum atomic E-state index is 12.4. The Morgan fingerprint density at radius 1 is 1.32 bits per heavy atom. The summed E-state index contributed by atoms with van der Waals surface area (Å²) in [6.07, 6.45) is 2.09. The van der Waals surface area contributed by atoms with Gasteiger partial charge in [-0.15, -0.1) is 0 Å². The van der Waals surface area contributed by atoms with Gasteiger partial charge in [0.25, 0.3) is 0 Å². The van der Waals surface area contributed by atoms with Crippen LogP contribution >= 0.6 is 0 Å². The lowest BCUT2D eigenvalue weighted by atomic mass is 9.99. The van der Waals surface area contributed by atoms with Gasteiger partial charge in [0.2, 0.25) is 5.91 Å². The second kappa shape index (κ2) is 8.51. The third-order valence-electron chi connectivity index (χ3n) is 3.81.